The van der Waals surface area contributed by atoms with Gasteiger partial charge in [-0.3, -0.25) is 24.1 Å². The monoisotopic (exact) mass is 612 g/mol. The van der Waals surface area contributed by atoms with Crippen LogP contribution < -0.4 is 10.5 Å². The molecule has 0 spiro atoms. The number of rotatable bonds is 8. The zero-order valence-electron chi connectivity index (χ0n) is 24.0. The predicted molar refractivity (Wildman–Crippen MR) is 159 cm³/mol. The van der Waals surface area contributed by atoms with Gasteiger partial charge in [-0.05, 0) is 31.9 Å². The number of carbonyl (C=O) groups is 1. The number of hydrogen-bond acceptors (Lipinski definition) is 7. The van der Waals surface area contributed by atoms with Crippen molar-refractivity contribution in [3.05, 3.63) is 70.6 Å². The fourth-order valence-electron chi connectivity index (χ4n) is 6.28. The number of thiophene rings is 1. The number of carbonyl (C=O) groups excluding carboxylic acids is 1. The SMILES string of the molecule is C[C@@H](Oc1cc(-n2cnc3cnc(CN4CCN(C5CCCCC5)CC4)cc32)sc1C(N)=O)c1ccccc1C(F)(F)F. The molecule has 2 fully saturated rings. The molecule has 0 unspecified atom stereocenters. The summed E-state index contributed by atoms with van der Waals surface area (Å²) in [4.78, 5) is 26.7. The zero-order valence-corrected chi connectivity index (χ0v) is 24.8. The molecule has 2 aliphatic rings. The average Bonchev–Trinajstić information content (AvgIpc) is 3.61. The number of benzene rings is 1. The predicted octanol–water partition coefficient (Wildman–Crippen LogP) is 6.19. The van der Waals surface area contributed by atoms with Gasteiger partial charge in [-0.1, -0.05) is 37.5 Å². The van der Waals surface area contributed by atoms with Crippen molar-refractivity contribution in [3.8, 4) is 10.8 Å². The number of fused-ring (bicyclic) bond motifs is 1. The van der Waals surface area contributed by atoms with Crippen LogP contribution in [-0.2, 0) is 12.7 Å². The molecule has 2 N–H and O–H groups in total. The van der Waals surface area contributed by atoms with E-state index in [9.17, 15) is 18.0 Å². The molecule has 1 amide bonds. The number of nitrogens with zero attached hydrogens (tertiary/aromatic N) is 5. The summed E-state index contributed by atoms with van der Waals surface area (Å²) >= 11 is 1.11. The van der Waals surface area contributed by atoms with Crippen LogP contribution in [0.15, 0.2) is 48.9 Å². The normalized spacial score (nSPS) is 18.2. The Morgan fingerprint density at radius 2 is 1.84 bits per heavy atom. The van der Waals surface area contributed by atoms with Crippen molar-refractivity contribution in [1.29, 1.82) is 0 Å². The van der Waals surface area contributed by atoms with Gasteiger partial charge in [0.05, 0.1) is 23.0 Å². The van der Waals surface area contributed by atoms with Crippen LogP contribution >= 0.6 is 11.3 Å². The van der Waals surface area contributed by atoms with Crippen molar-refractivity contribution in [3.63, 3.8) is 0 Å². The van der Waals surface area contributed by atoms with Crippen LogP contribution in [0, 0.1) is 0 Å². The molecule has 1 atom stereocenters. The van der Waals surface area contributed by atoms with Gasteiger partial charge in [-0.2, -0.15) is 13.2 Å². The molecule has 0 bridgehead atoms. The number of imidazole rings is 1. The minimum absolute atomic E-state index is 0.0264. The van der Waals surface area contributed by atoms with Crippen LogP contribution in [0.5, 0.6) is 5.75 Å². The molecular weight excluding hydrogens is 577 g/mol. The van der Waals surface area contributed by atoms with E-state index in [4.69, 9.17) is 10.5 Å². The highest BCUT2D eigenvalue weighted by molar-refractivity contribution is 7.16. The van der Waals surface area contributed by atoms with E-state index >= 15 is 0 Å². The second kappa shape index (κ2) is 12.3. The lowest BCUT2D eigenvalue weighted by atomic mass is 9.94. The lowest BCUT2D eigenvalue weighted by Crippen LogP contribution is -2.50. The fourth-order valence-corrected chi connectivity index (χ4v) is 7.21. The second-order valence-corrected chi connectivity index (χ2v) is 12.4. The molecule has 6 rings (SSSR count). The van der Waals surface area contributed by atoms with Crippen molar-refractivity contribution in [2.24, 2.45) is 5.73 Å². The van der Waals surface area contributed by atoms with Crippen molar-refractivity contribution >= 4 is 28.3 Å². The highest BCUT2D eigenvalue weighted by Gasteiger charge is 2.35. The third-order valence-electron chi connectivity index (χ3n) is 8.53. The summed E-state index contributed by atoms with van der Waals surface area (Å²) in [6.45, 7) is 6.39. The first-order chi connectivity index (χ1) is 20.7. The lowest BCUT2D eigenvalue weighted by molar-refractivity contribution is -0.139. The summed E-state index contributed by atoms with van der Waals surface area (Å²) in [5.41, 5.74) is 7.27. The molecule has 8 nitrogen and oxygen atoms in total. The highest BCUT2D eigenvalue weighted by Crippen LogP contribution is 2.39. The Bertz CT molecular complexity index is 1590. The van der Waals surface area contributed by atoms with E-state index in [1.807, 2.05) is 10.6 Å². The van der Waals surface area contributed by atoms with Crippen LogP contribution in [0.2, 0.25) is 0 Å². The summed E-state index contributed by atoms with van der Waals surface area (Å²) in [5, 5.41) is 0.612. The van der Waals surface area contributed by atoms with Gasteiger partial charge < -0.3 is 10.5 Å². The number of ether oxygens (including phenoxy) is 1. The second-order valence-electron chi connectivity index (χ2n) is 11.4. The number of nitrogens with two attached hydrogens (primary N) is 1. The quantitative estimate of drug-likeness (QED) is 0.255. The van der Waals surface area contributed by atoms with Crippen LogP contribution in [0.1, 0.15) is 71.6 Å². The van der Waals surface area contributed by atoms with Gasteiger partial charge in [0.15, 0.2) is 0 Å². The molecule has 228 valence electrons. The molecule has 1 aliphatic heterocycles. The molecule has 4 heterocycles. The molecule has 43 heavy (non-hydrogen) atoms. The Morgan fingerprint density at radius 1 is 1.09 bits per heavy atom. The van der Waals surface area contributed by atoms with E-state index in [0.29, 0.717) is 10.5 Å². The van der Waals surface area contributed by atoms with Gasteiger partial charge in [0.25, 0.3) is 5.91 Å². The minimum Gasteiger partial charge on any atom is -0.484 e. The van der Waals surface area contributed by atoms with Gasteiger partial charge in [0, 0.05) is 50.4 Å². The molecule has 12 heteroatoms. The molecular formula is C31H35F3N6O2S. The number of amides is 1. The van der Waals surface area contributed by atoms with Gasteiger partial charge in [0.1, 0.15) is 33.6 Å². The number of halogens is 3. The maximum atomic E-state index is 13.6. The van der Waals surface area contributed by atoms with E-state index in [2.05, 4.69) is 19.8 Å². The van der Waals surface area contributed by atoms with Crippen molar-refractivity contribution in [2.45, 2.75) is 63.9 Å². The molecule has 1 aromatic carbocycles. The van der Waals surface area contributed by atoms with Crippen LogP contribution in [-0.4, -0.2) is 62.5 Å². The third kappa shape index (κ3) is 6.41. The van der Waals surface area contributed by atoms with E-state index in [0.717, 1.165) is 67.4 Å². The van der Waals surface area contributed by atoms with Gasteiger partial charge in [-0.15, -0.1) is 11.3 Å². The van der Waals surface area contributed by atoms with Crippen LogP contribution in [0.25, 0.3) is 16.0 Å². The Labute approximate surface area is 252 Å². The Balaban J connectivity index is 1.21. The first-order valence-corrected chi connectivity index (χ1v) is 15.5. The number of aromatic nitrogens is 3. The van der Waals surface area contributed by atoms with E-state index in [1.165, 1.54) is 57.2 Å². The zero-order chi connectivity index (χ0) is 30.1. The number of pyridine rings is 1. The molecule has 1 saturated heterocycles. The summed E-state index contributed by atoms with van der Waals surface area (Å²) < 4.78 is 48.6. The summed E-state index contributed by atoms with van der Waals surface area (Å²) in [7, 11) is 0. The molecule has 0 radical (unpaired) electrons. The number of primary amides is 1. The Hall–Kier alpha value is -3.48. The molecule has 1 aliphatic carbocycles. The average molecular weight is 613 g/mol. The van der Waals surface area contributed by atoms with E-state index in [-0.39, 0.29) is 16.2 Å². The van der Waals surface area contributed by atoms with Crippen molar-refractivity contribution in [1.82, 2.24) is 24.3 Å². The lowest BCUT2D eigenvalue weighted by Gasteiger charge is -2.40. The summed E-state index contributed by atoms with van der Waals surface area (Å²) in [6.07, 6.45) is 4.54. The molecule has 1 saturated carbocycles. The highest BCUT2D eigenvalue weighted by atomic mass is 32.1. The first-order valence-electron chi connectivity index (χ1n) is 14.7. The molecule has 4 aromatic rings. The minimum atomic E-state index is -4.54. The van der Waals surface area contributed by atoms with Gasteiger partial charge >= 0.3 is 6.18 Å². The van der Waals surface area contributed by atoms with Crippen molar-refractivity contribution < 1.29 is 22.7 Å². The van der Waals surface area contributed by atoms with Gasteiger partial charge in [0.2, 0.25) is 0 Å². The summed E-state index contributed by atoms with van der Waals surface area (Å²) in [6, 6.07) is 9.61. The fraction of sp³-hybridized carbons (Fsp3) is 0.452. The van der Waals surface area contributed by atoms with E-state index in [1.54, 1.807) is 18.6 Å². The number of piperazine rings is 1. The van der Waals surface area contributed by atoms with E-state index < -0.39 is 23.8 Å². The topological polar surface area (TPSA) is 89.5 Å². The van der Waals surface area contributed by atoms with Crippen LogP contribution in [0.4, 0.5) is 13.2 Å². The Morgan fingerprint density at radius 3 is 2.56 bits per heavy atom. The maximum absolute atomic E-state index is 13.6. The number of alkyl halides is 3. The maximum Gasteiger partial charge on any atom is 0.416 e. The third-order valence-corrected chi connectivity index (χ3v) is 9.66. The smallest absolute Gasteiger partial charge is 0.416 e. The first kappa shape index (κ1) is 29.6. The summed E-state index contributed by atoms with van der Waals surface area (Å²) in [5.74, 6) is -0.592. The molecule has 3 aromatic heterocycles. The van der Waals surface area contributed by atoms with Crippen LogP contribution in [0.3, 0.4) is 0 Å². The Kier molecular flexibility index (Phi) is 8.43. The van der Waals surface area contributed by atoms with Gasteiger partial charge in [-0.25, -0.2) is 4.98 Å². The number of hydrogen-bond donors (Lipinski definition) is 1. The largest absolute Gasteiger partial charge is 0.484 e. The van der Waals surface area contributed by atoms with Crippen molar-refractivity contribution in [2.75, 3.05) is 26.2 Å². The standard InChI is InChI=1S/C31H35F3N6O2S/c1-20(23-9-5-6-10-24(23)31(32,33)34)42-27-16-28(43-29(27)30(35)41)40-19-37-25-17-36-21(15-26(25)40)18-38-11-13-39(14-12-38)22-7-3-2-4-8-22/h5-6,9-10,15-17,19-20,22H,2-4,7-8,11-14,18H2,1H3,(H2,35,41)/t20-/m1/s1.